The van der Waals surface area contributed by atoms with Crippen LogP contribution in [-0.2, 0) is 25.6 Å². The number of nitrogens with one attached hydrogen (secondary N) is 1. The van der Waals surface area contributed by atoms with E-state index in [-0.39, 0.29) is 12.0 Å². The number of likely N-dealkylation sites (tertiary alicyclic amines) is 1. The number of aliphatic carboxylic acids is 1. The van der Waals surface area contributed by atoms with E-state index in [1.807, 2.05) is 0 Å². The average molecular weight is 405 g/mol. The van der Waals surface area contributed by atoms with E-state index in [4.69, 9.17) is 14.6 Å². The number of nitrogens with zero attached hydrogens (tertiary/aromatic N) is 1. The summed E-state index contributed by atoms with van der Waals surface area (Å²) in [5, 5.41) is 11.4. The molecule has 0 bridgehead atoms. The smallest absolute Gasteiger partial charge is 0.332 e. The lowest BCUT2D eigenvalue weighted by molar-refractivity contribution is -0.147. The first-order chi connectivity index (χ1) is 14.1. The fraction of sp³-hybridized carbons (Fsp3) is 0.636. The molecule has 0 aliphatic carbocycles. The normalized spacial score (nSPS) is 25.2. The third-order valence-corrected chi connectivity index (χ3v) is 5.61. The first-order valence-corrected chi connectivity index (χ1v) is 10.6. The zero-order chi connectivity index (χ0) is 20.5. The Morgan fingerprint density at radius 1 is 0.966 bits per heavy atom. The number of hydrogen-bond donors (Lipinski definition) is 2. The summed E-state index contributed by atoms with van der Waals surface area (Å²) in [7, 11) is 0. The maximum Gasteiger partial charge on any atom is 0.332 e. The van der Waals surface area contributed by atoms with Crippen molar-refractivity contribution in [1.29, 1.82) is 0 Å². The largest absolute Gasteiger partial charge is 0.479 e. The van der Waals surface area contributed by atoms with Crippen LogP contribution in [0.3, 0.4) is 0 Å². The molecule has 3 aliphatic heterocycles. The molecule has 0 radical (unpaired) electrons. The monoisotopic (exact) mass is 404 g/mol. The second kappa shape index (κ2) is 11.3. The van der Waals surface area contributed by atoms with Crippen molar-refractivity contribution in [2.45, 2.75) is 63.3 Å². The van der Waals surface area contributed by atoms with Gasteiger partial charge in [-0.3, -0.25) is 9.69 Å². The van der Waals surface area contributed by atoms with E-state index >= 15 is 0 Å². The fourth-order valence-corrected chi connectivity index (χ4v) is 3.93. The highest BCUT2D eigenvalue weighted by Crippen LogP contribution is 2.16. The molecular weight excluding hydrogens is 372 g/mol. The van der Waals surface area contributed by atoms with E-state index in [0.29, 0.717) is 19.1 Å². The van der Waals surface area contributed by atoms with Crippen molar-refractivity contribution in [3.8, 4) is 0 Å². The Balaban J connectivity index is 0.000000252. The van der Waals surface area contributed by atoms with Crippen LogP contribution in [0.25, 0.3) is 0 Å². The van der Waals surface area contributed by atoms with Gasteiger partial charge in [0.1, 0.15) is 6.10 Å². The van der Waals surface area contributed by atoms with Gasteiger partial charge in [-0.2, -0.15) is 0 Å². The number of rotatable bonds is 5. The molecule has 0 spiro atoms. The van der Waals surface area contributed by atoms with Crippen molar-refractivity contribution in [3.63, 3.8) is 0 Å². The number of piperidine rings is 1. The summed E-state index contributed by atoms with van der Waals surface area (Å²) in [5.41, 5.74) is 1.36. The van der Waals surface area contributed by atoms with E-state index in [2.05, 4.69) is 40.5 Å². The van der Waals surface area contributed by atoms with Gasteiger partial charge in [-0.25, -0.2) is 4.79 Å². The van der Waals surface area contributed by atoms with Crippen LogP contribution < -0.4 is 5.32 Å². The standard InChI is InChI=1S/C17H24N2O2.C5H8O3/c20-17(16-7-4-12-21-16)18-15-8-10-19(11-9-15)13-14-5-2-1-3-6-14;6-5(7)4-2-1-3-8-4/h1-3,5-6,15-16H,4,7-13H2,(H,18,20);4H,1-3H2,(H,6,7)/t16-;4-/m11/s1. The number of carbonyl (C=O) groups excluding carboxylic acids is 1. The molecule has 3 heterocycles. The van der Waals surface area contributed by atoms with Crippen LogP contribution in [0.4, 0.5) is 0 Å². The predicted octanol–water partition coefficient (Wildman–Crippen LogP) is 2.20. The lowest BCUT2D eigenvalue weighted by Crippen LogP contribution is -2.47. The van der Waals surface area contributed by atoms with E-state index < -0.39 is 12.1 Å². The predicted molar refractivity (Wildman–Crippen MR) is 108 cm³/mol. The van der Waals surface area contributed by atoms with Crippen molar-refractivity contribution in [3.05, 3.63) is 35.9 Å². The minimum Gasteiger partial charge on any atom is -0.479 e. The van der Waals surface area contributed by atoms with Gasteiger partial charge in [-0.15, -0.1) is 0 Å². The van der Waals surface area contributed by atoms with Crippen molar-refractivity contribution >= 4 is 11.9 Å². The van der Waals surface area contributed by atoms with Crippen LogP contribution in [0.2, 0.25) is 0 Å². The SMILES string of the molecule is O=C(NC1CCN(Cc2ccccc2)CC1)[C@H]1CCCO1.O=C(O)[C@H]1CCCO1. The number of carboxylic acids is 1. The zero-order valence-electron chi connectivity index (χ0n) is 16.9. The summed E-state index contributed by atoms with van der Waals surface area (Å²) in [6, 6.07) is 10.9. The highest BCUT2D eigenvalue weighted by Gasteiger charge is 2.27. The molecule has 7 heteroatoms. The van der Waals surface area contributed by atoms with Crippen LogP contribution in [0.1, 0.15) is 44.1 Å². The maximum absolute atomic E-state index is 12.0. The number of carbonyl (C=O) groups is 2. The molecule has 0 saturated carbocycles. The van der Waals surface area contributed by atoms with Crippen LogP contribution in [0.5, 0.6) is 0 Å². The van der Waals surface area contributed by atoms with E-state index in [0.717, 1.165) is 58.3 Å². The van der Waals surface area contributed by atoms with Gasteiger partial charge in [0.15, 0.2) is 6.10 Å². The minimum absolute atomic E-state index is 0.0917. The van der Waals surface area contributed by atoms with Crippen molar-refractivity contribution in [1.82, 2.24) is 10.2 Å². The minimum atomic E-state index is -0.831. The molecule has 3 aliphatic rings. The molecule has 2 N–H and O–H groups in total. The second-order valence-electron chi connectivity index (χ2n) is 7.89. The lowest BCUT2D eigenvalue weighted by atomic mass is 10.0. The number of hydrogen-bond acceptors (Lipinski definition) is 5. The van der Waals surface area contributed by atoms with E-state index in [1.165, 1.54) is 5.56 Å². The topological polar surface area (TPSA) is 88.1 Å². The summed E-state index contributed by atoms with van der Waals surface area (Å²) >= 11 is 0. The molecule has 1 amide bonds. The fourth-order valence-electron chi connectivity index (χ4n) is 3.93. The summed E-state index contributed by atoms with van der Waals surface area (Å²) < 4.78 is 10.2. The quantitative estimate of drug-likeness (QED) is 0.782. The summed E-state index contributed by atoms with van der Waals surface area (Å²) in [6.45, 7) is 4.44. The third-order valence-electron chi connectivity index (χ3n) is 5.61. The van der Waals surface area contributed by atoms with Crippen LogP contribution >= 0.6 is 0 Å². The van der Waals surface area contributed by atoms with Crippen LogP contribution in [-0.4, -0.2) is 66.4 Å². The molecular formula is C22H32N2O5. The number of benzene rings is 1. The highest BCUT2D eigenvalue weighted by atomic mass is 16.5. The van der Waals surface area contributed by atoms with Gasteiger partial charge in [0.05, 0.1) is 0 Å². The molecule has 7 nitrogen and oxygen atoms in total. The van der Waals surface area contributed by atoms with Gasteiger partial charge < -0.3 is 19.9 Å². The first kappa shape index (κ1) is 21.7. The van der Waals surface area contributed by atoms with Crippen LogP contribution in [0.15, 0.2) is 30.3 Å². The van der Waals surface area contributed by atoms with Gasteiger partial charge in [-0.05, 0) is 44.1 Å². The van der Waals surface area contributed by atoms with Crippen molar-refractivity contribution < 1.29 is 24.2 Å². The third kappa shape index (κ3) is 7.10. The first-order valence-electron chi connectivity index (χ1n) is 10.6. The molecule has 0 aromatic heterocycles. The Kier molecular flexibility index (Phi) is 8.46. The second-order valence-corrected chi connectivity index (χ2v) is 7.89. The Hall–Kier alpha value is -1.96. The molecule has 4 rings (SSSR count). The highest BCUT2D eigenvalue weighted by molar-refractivity contribution is 5.81. The Bertz CT molecular complexity index is 634. The zero-order valence-corrected chi connectivity index (χ0v) is 16.9. The summed E-state index contributed by atoms with van der Waals surface area (Å²) in [6.07, 6.45) is 4.79. The van der Waals surface area contributed by atoms with Gasteiger partial charge in [0, 0.05) is 38.9 Å². The molecule has 3 fully saturated rings. The molecule has 1 aromatic carbocycles. The Labute approximate surface area is 172 Å². The van der Waals surface area contributed by atoms with Gasteiger partial charge >= 0.3 is 5.97 Å². The molecule has 29 heavy (non-hydrogen) atoms. The molecule has 2 atom stereocenters. The molecule has 0 unspecified atom stereocenters. The van der Waals surface area contributed by atoms with Gasteiger partial charge in [0.2, 0.25) is 5.91 Å². The maximum atomic E-state index is 12.0. The van der Waals surface area contributed by atoms with Crippen LogP contribution in [0, 0.1) is 0 Å². The van der Waals surface area contributed by atoms with Gasteiger partial charge in [-0.1, -0.05) is 30.3 Å². The molecule has 1 aromatic rings. The van der Waals surface area contributed by atoms with Crippen molar-refractivity contribution in [2.75, 3.05) is 26.3 Å². The van der Waals surface area contributed by atoms with E-state index in [1.54, 1.807) is 0 Å². The molecule has 3 saturated heterocycles. The summed E-state index contributed by atoms with van der Waals surface area (Å²) in [4.78, 5) is 24.6. The number of amides is 1. The van der Waals surface area contributed by atoms with Gasteiger partial charge in [0.25, 0.3) is 0 Å². The Morgan fingerprint density at radius 3 is 2.10 bits per heavy atom. The number of ether oxygens (including phenoxy) is 2. The average Bonchev–Trinajstić information content (AvgIpc) is 3.45. The molecule has 160 valence electrons. The Morgan fingerprint density at radius 2 is 1.59 bits per heavy atom. The van der Waals surface area contributed by atoms with E-state index in [9.17, 15) is 9.59 Å². The van der Waals surface area contributed by atoms with Crippen molar-refractivity contribution in [2.24, 2.45) is 0 Å². The summed E-state index contributed by atoms with van der Waals surface area (Å²) in [5.74, 6) is -0.739. The lowest BCUT2D eigenvalue weighted by Gasteiger charge is -2.32. The number of carboxylic acid groups (broad SMARTS) is 1.